The van der Waals surface area contributed by atoms with Gasteiger partial charge in [-0.05, 0) is 15.9 Å². The number of halogens is 1. The van der Waals surface area contributed by atoms with Gasteiger partial charge in [0.15, 0.2) is 0 Å². The SMILES string of the molecule is COCCOCCOCCOc1nc(Br)cn2ccnc12. The topological polar surface area (TPSA) is 67.1 Å². The van der Waals surface area contributed by atoms with E-state index in [0.717, 1.165) is 0 Å². The molecule has 21 heavy (non-hydrogen) atoms. The van der Waals surface area contributed by atoms with Crippen molar-refractivity contribution in [3.8, 4) is 5.88 Å². The summed E-state index contributed by atoms with van der Waals surface area (Å²) in [5, 5.41) is 0. The van der Waals surface area contributed by atoms with Gasteiger partial charge in [0.1, 0.15) is 11.2 Å². The zero-order valence-corrected chi connectivity index (χ0v) is 13.4. The molecule has 0 unspecified atom stereocenters. The molecule has 0 N–H and O–H groups in total. The van der Waals surface area contributed by atoms with Crippen molar-refractivity contribution in [1.82, 2.24) is 14.4 Å². The molecular formula is C13H18BrN3O4. The van der Waals surface area contributed by atoms with Crippen molar-refractivity contribution in [2.45, 2.75) is 0 Å². The van der Waals surface area contributed by atoms with Crippen LogP contribution in [0.5, 0.6) is 5.88 Å². The zero-order valence-electron chi connectivity index (χ0n) is 11.8. The largest absolute Gasteiger partial charge is 0.473 e. The highest BCUT2D eigenvalue weighted by atomic mass is 79.9. The molecule has 2 rings (SSSR count). The fourth-order valence-electron chi connectivity index (χ4n) is 1.63. The first kappa shape index (κ1) is 16.2. The Hall–Kier alpha value is -1.22. The molecule has 0 atom stereocenters. The van der Waals surface area contributed by atoms with Gasteiger partial charge < -0.3 is 18.9 Å². The van der Waals surface area contributed by atoms with Crippen molar-refractivity contribution in [3.63, 3.8) is 0 Å². The maximum Gasteiger partial charge on any atom is 0.259 e. The van der Waals surface area contributed by atoms with Crippen molar-refractivity contribution >= 4 is 21.6 Å². The first-order valence-corrected chi connectivity index (χ1v) is 7.37. The summed E-state index contributed by atoms with van der Waals surface area (Å²) >= 11 is 3.33. The molecule has 0 aliphatic carbocycles. The summed E-state index contributed by atoms with van der Waals surface area (Å²) in [6, 6.07) is 0. The Balaban J connectivity index is 1.65. The highest BCUT2D eigenvalue weighted by molar-refractivity contribution is 9.10. The zero-order chi connectivity index (χ0) is 14.9. The van der Waals surface area contributed by atoms with E-state index in [9.17, 15) is 0 Å². The third-order valence-corrected chi connectivity index (χ3v) is 2.97. The van der Waals surface area contributed by atoms with E-state index in [0.29, 0.717) is 55.8 Å². The lowest BCUT2D eigenvalue weighted by atomic mass is 10.6. The number of imidazole rings is 1. The summed E-state index contributed by atoms with van der Waals surface area (Å²) in [5.41, 5.74) is 0.682. The summed E-state index contributed by atoms with van der Waals surface area (Å²) in [6.45, 7) is 3.12. The van der Waals surface area contributed by atoms with Gasteiger partial charge in [0, 0.05) is 25.7 Å². The number of hydrogen-bond acceptors (Lipinski definition) is 6. The minimum atomic E-state index is 0.407. The average molecular weight is 360 g/mol. The Morgan fingerprint density at radius 3 is 2.57 bits per heavy atom. The molecule has 116 valence electrons. The summed E-state index contributed by atoms with van der Waals surface area (Å²) in [6.07, 6.45) is 5.36. The van der Waals surface area contributed by atoms with Gasteiger partial charge in [-0.1, -0.05) is 0 Å². The lowest BCUT2D eigenvalue weighted by molar-refractivity contribution is 0.0177. The van der Waals surface area contributed by atoms with Gasteiger partial charge in [-0.2, -0.15) is 0 Å². The molecule has 0 saturated heterocycles. The normalized spacial score (nSPS) is 11.1. The number of nitrogens with zero attached hydrogens (tertiary/aromatic N) is 3. The predicted octanol–water partition coefficient (Wildman–Crippen LogP) is 1.55. The van der Waals surface area contributed by atoms with Gasteiger partial charge in [0.25, 0.3) is 5.88 Å². The molecule has 2 heterocycles. The summed E-state index contributed by atoms with van der Waals surface area (Å²) in [5.74, 6) is 0.481. The maximum atomic E-state index is 5.59. The molecule has 0 bridgehead atoms. The Bertz CT molecular complexity index is 549. The molecule has 0 fully saturated rings. The number of rotatable bonds is 10. The number of methoxy groups -OCH3 is 1. The van der Waals surface area contributed by atoms with Crippen molar-refractivity contribution in [2.24, 2.45) is 0 Å². The van der Waals surface area contributed by atoms with E-state index in [4.69, 9.17) is 18.9 Å². The summed E-state index contributed by atoms with van der Waals surface area (Å²) in [7, 11) is 1.64. The van der Waals surface area contributed by atoms with Crippen LogP contribution in [-0.2, 0) is 14.2 Å². The van der Waals surface area contributed by atoms with Crippen molar-refractivity contribution in [3.05, 3.63) is 23.2 Å². The van der Waals surface area contributed by atoms with Crippen LogP contribution >= 0.6 is 15.9 Å². The van der Waals surface area contributed by atoms with Gasteiger partial charge in [0.05, 0.1) is 33.0 Å². The molecule has 2 aromatic rings. The second kappa shape index (κ2) is 8.93. The smallest absolute Gasteiger partial charge is 0.259 e. The van der Waals surface area contributed by atoms with Crippen LogP contribution < -0.4 is 4.74 Å². The van der Waals surface area contributed by atoms with Crippen LogP contribution in [0.1, 0.15) is 0 Å². The molecule has 0 saturated carbocycles. The molecule has 2 aromatic heterocycles. The molecule has 0 aliphatic rings. The molecular weight excluding hydrogens is 342 g/mol. The summed E-state index contributed by atoms with van der Waals surface area (Å²) < 4.78 is 23.7. The van der Waals surface area contributed by atoms with Gasteiger partial charge >= 0.3 is 0 Å². The molecule has 8 heteroatoms. The highest BCUT2D eigenvalue weighted by Crippen LogP contribution is 2.18. The van der Waals surface area contributed by atoms with E-state index < -0.39 is 0 Å². The Labute approximate surface area is 131 Å². The monoisotopic (exact) mass is 359 g/mol. The van der Waals surface area contributed by atoms with Gasteiger partial charge in [0.2, 0.25) is 5.65 Å². The quantitative estimate of drug-likeness (QED) is 0.599. The Morgan fingerprint density at radius 1 is 1.10 bits per heavy atom. The molecule has 0 spiro atoms. The lowest BCUT2D eigenvalue weighted by Gasteiger charge is -2.08. The standard InChI is InChI=1S/C13H18BrN3O4/c1-18-4-5-19-6-7-20-8-9-21-13-12-15-2-3-17(12)10-11(14)16-13/h2-3,10H,4-9H2,1H3. The first-order chi connectivity index (χ1) is 10.3. The van der Waals surface area contributed by atoms with Gasteiger partial charge in [-0.15, -0.1) is 0 Å². The average Bonchev–Trinajstić information content (AvgIpc) is 2.93. The van der Waals surface area contributed by atoms with Crippen molar-refractivity contribution in [2.75, 3.05) is 46.8 Å². The number of aromatic nitrogens is 3. The number of fused-ring (bicyclic) bond motifs is 1. The van der Waals surface area contributed by atoms with E-state index in [2.05, 4.69) is 25.9 Å². The number of ether oxygens (including phenoxy) is 4. The molecule has 0 radical (unpaired) electrons. The fraction of sp³-hybridized carbons (Fsp3) is 0.538. The van der Waals surface area contributed by atoms with E-state index in [1.54, 1.807) is 13.3 Å². The molecule has 0 amide bonds. The number of hydrogen-bond donors (Lipinski definition) is 0. The van der Waals surface area contributed by atoms with Crippen LogP contribution in [0.15, 0.2) is 23.2 Å². The first-order valence-electron chi connectivity index (χ1n) is 6.57. The fourth-order valence-corrected chi connectivity index (χ4v) is 2.01. The predicted molar refractivity (Wildman–Crippen MR) is 79.7 cm³/mol. The van der Waals surface area contributed by atoms with Crippen molar-refractivity contribution in [1.29, 1.82) is 0 Å². The third kappa shape index (κ3) is 5.24. The van der Waals surface area contributed by atoms with Crippen LogP contribution in [-0.4, -0.2) is 61.1 Å². The maximum absolute atomic E-state index is 5.59. The lowest BCUT2D eigenvalue weighted by Crippen LogP contribution is -2.13. The van der Waals surface area contributed by atoms with E-state index >= 15 is 0 Å². The minimum Gasteiger partial charge on any atom is -0.473 e. The highest BCUT2D eigenvalue weighted by Gasteiger charge is 2.07. The van der Waals surface area contributed by atoms with E-state index in [1.165, 1.54) is 0 Å². The van der Waals surface area contributed by atoms with Crippen LogP contribution in [0.3, 0.4) is 0 Å². The van der Waals surface area contributed by atoms with Crippen LogP contribution in [0.4, 0.5) is 0 Å². The summed E-state index contributed by atoms with van der Waals surface area (Å²) in [4.78, 5) is 8.46. The van der Waals surface area contributed by atoms with Gasteiger partial charge in [-0.25, -0.2) is 9.97 Å². The second-order valence-electron chi connectivity index (χ2n) is 4.09. The minimum absolute atomic E-state index is 0.407. The Morgan fingerprint density at radius 2 is 1.81 bits per heavy atom. The Kier molecular flexibility index (Phi) is 6.87. The van der Waals surface area contributed by atoms with Crippen LogP contribution in [0.2, 0.25) is 0 Å². The molecule has 0 aliphatic heterocycles. The molecule has 7 nitrogen and oxygen atoms in total. The van der Waals surface area contributed by atoms with Gasteiger partial charge in [-0.3, -0.25) is 4.40 Å². The van der Waals surface area contributed by atoms with E-state index in [1.807, 2.05) is 16.8 Å². The van der Waals surface area contributed by atoms with Crippen LogP contribution in [0.25, 0.3) is 5.65 Å². The van der Waals surface area contributed by atoms with Crippen LogP contribution in [0, 0.1) is 0 Å². The second-order valence-corrected chi connectivity index (χ2v) is 4.91. The third-order valence-electron chi connectivity index (χ3n) is 2.58. The van der Waals surface area contributed by atoms with E-state index in [-0.39, 0.29) is 0 Å². The molecule has 0 aromatic carbocycles. The van der Waals surface area contributed by atoms with Crippen molar-refractivity contribution < 1.29 is 18.9 Å².